The molecule has 2 heterocycles. The predicted molar refractivity (Wildman–Crippen MR) is 72.4 cm³/mol. The topological polar surface area (TPSA) is 43.6 Å². The van der Waals surface area contributed by atoms with E-state index in [1.165, 1.54) is 11.8 Å². The quantitative estimate of drug-likeness (QED) is 0.631. The zero-order valence-electron chi connectivity index (χ0n) is 11.0. The summed E-state index contributed by atoms with van der Waals surface area (Å²) in [5, 5.41) is 5.16. The van der Waals surface area contributed by atoms with Crippen LogP contribution < -0.4 is 0 Å². The van der Waals surface area contributed by atoms with Gasteiger partial charge in [-0.05, 0) is 44.7 Å². The van der Waals surface area contributed by atoms with Crippen molar-refractivity contribution in [1.29, 1.82) is 0 Å². The molecule has 0 spiro atoms. The van der Waals surface area contributed by atoms with Crippen LogP contribution in [0.25, 0.3) is 5.52 Å². The molecule has 0 radical (unpaired) electrons. The molecule has 0 aromatic carbocycles. The third kappa shape index (κ3) is 2.10. The van der Waals surface area contributed by atoms with Crippen LogP contribution in [0.4, 0.5) is 0 Å². The van der Waals surface area contributed by atoms with Crippen molar-refractivity contribution in [2.24, 2.45) is 0 Å². The number of nitrogens with zero attached hydrogens (tertiary/aromatic N) is 2. The van der Waals surface area contributed by atoms with E-state index in [4.69, 9.17) is 4.74 Å². The van der Waals surface area contributed by atoms with E-state index in [-0.39, 0.29) is 5.97 Å². The van der Waals surface area contributed by atoms with E-state index in [1.54, 1.807) is 11.4 Å². The lowest BCUT2D eigenvalue weighted by atomic mass is 10.2. The second-order valence-corrected chi connectivity index (χ2v) is 4.87. The van der Waals surface area contributed by atoms with Crippen LogP contribution >= 0.6 is 11.8 Å². The summed E-state index contributed by atoms with van der Waals surface area (Å²) in [5.74, 6) is -0.304. The van der Waals surface area contributed by atoms with Crippen LogP contribution in [0.1, 0.15) is 28.5 Å². The van der Waals surface area contributed by atoms with E-state index >= 15 is 0 Å². The number of thioether (sulfide) groups is 1. The third-order valence-electron chi connectivity index (χ3n) is 2.70. The van der Waals surface area contributed by atoms with Crippen LogP contribution in [0.15, 0.2) is 17.2 Å². The van der Waals surface area contributed by atoms with Crippen molar-refractivity contribution in [3.8, 4) is 0 Å². The smallest absolute Gasteiger partial charge is 0.343 e. The van der Waals surface area contributed by atoms with Gasteiger partial charge in [-0.15, -0.1) is 11.8 Å². The van der Waals surface area contributed by atoms with Gasteiger partial charge in [0.2, 0.25) is 0 Å². The molecule has 0 atom stereocenters. The average molecular weight is 264 g/mol. The van der Waals surface area contributed by atoms with Gasteiger partial charge in [-0.2, -0.15) is 5.10 Å². The summed E-state index contributed by atoms with van der Waals surface area (Å²) in [6.07, 6.45) is 1.91. The normalized spacial score (nSPS) is 10.9. The first-order chi connectivity index (χ1) is 8.58. The number of rotatable bonds is 3. The van der Waals surface area contributed by atoms with Gasteiger partial charge in [-0.25, -0.2) is 9.31 Å². The Bertz CT molecular complexity index is 605. The van der Waals surface area contributed by atoms with E-state index < -0.39 is 0 Å². The first-order valence-corrected chi connectivity index (χ1v) is 7.02. The Kier molecular flexibility index (Phi) is 3.61. The van der Waals surface area contributed by atoms with Crippen LogP contribution in [0, 0.1) is 13.8 Å². The molecule has 0 aliphatic rings. The Labute approximate surface area is 110 Å². The second kappa shape index (κ2) is 5.02. The largest absolute Gasteiger partial charge is 0.462 e. The van der Waals surface area contributed by atoms with Crippen molar-refractivity contribution in [3.05, 3.63) is 29.0 Å². The summed E-state index contributed by atoms with van der Waals surface area (Å²) in [6.45, 7) is 6.16. The van der Waals surface area contributed by atoms with Gasteiger partial charge in [0.1, 0.15) is 10.6 Å². The van der Waals surface area contributed by atoms with Crippen molar-refractivity contribution in [2.45, 2.75) is 25.8 Å². The molecule has 18 heavy (non-hydrogen) atoms. The molecule has 0 amide bonds. The van der Waals surface area contributed by atoms with Crippen LogP contribution in [0.3, 0.4) is 0 Å². The highest BCUT2D eigenvalue weighted by atomic mass is 32.2. The summed E-state index contributed by atoms with van der Waals surface area (Å²) >= 11 is 1.46. The first-order valence-electron chi connectivity index (χ1n) is 5.79. The number of pyridine rings is 1. The molecule has 2 rings (SSSR count). The molecule has 2 aromatic heterocycles. The Morgan fingerprint density at radius 2 is 2.17 bits per heavy atom. The minimum Gasteiger partial charge on any atom is -0.462 e. The summed E-state index contributed by atoms with van der Waals surface area (Å²) in [7, 11) is 0. The van der Waals surface area contributed by atoms with Crippen molar-refractivity contribution in [1.82, 2.24) is 9.61 Å². The molecule has 2 aromatic rings. The Morgan fingerprint density at radius 3 is 2.78 bits per heavy atom. The monoisotopic (exact) mass is 264 g/mol. The summed E-state index contributed by atoms with van der Waals surface area (Å²) in [4.78, 5) is 12.0. The molecule has 0 aliphatic carbocycles. The molecule has 96 valence electrons. The fraction of sp³-hybridized carbons (Fsp3) is 0.385. The van der Waals surface area contributed by atoms with Gasteiger partial charge in [0.25, 0.3) is 0 Å². The van der Waals surface area contributed by atoms with Crippen molar-refractivity contribution >= 4 is 23.2 Å². The Hall–Kier alpha value is -1.49. The molecular weight excluding hydrogens is 248 g/mol. The van der Waals surface area contributed by atoms with Gasteiger partial charge in [0.05, 0.1) is 12.1 Å². The maximum atomic E-state index is 12.0. The highest BCUT2D eigenvalue weighted by molar-refractivity contribution is 7.98. The van der Waals surface area contributed by atoms with Crippen molar-refractivity contribution in [2.75, 3.05) is 12.9 Å². The number of fused-ring (bicyclic) bond motifs is 1. The van der Waals surface area contributed by atoms with E-state index in [0.717, 1.165) is 16.8 Å². The number of carbonyl (C=O) groups is 1. The summed E-state index contributed by atoms with van der Waals surface area (Å²) in [6, 6.07) is 4.00. The predicted octanol–water partition coefficient (Wildman–Crippen LogP) is 2.85. The Morgan fingerprint density at radius 1 is 1.44 bits per heavy atom. The maximum absolute atomic E-state index is 12.0. The molecule has 0 fully saturated rings. The van der Waals surface area contributed by atoms with Gasteiger partial charge in [-0.3, -0.25) is 0 Å². The first kappa shape index (κ1) is 13.0. The number of carbonyl (C=O) groups excluding carboxylic acids is 1. The molecular formula is C13H16N2O2S. The molecule has 0 saturated carbocycles. The minimum atomic E-state index is -0.304. The van der Waals surface area contributed by atoms with Gasteiger partial charge < -0.3 is 4.74 Å². The minimum absolute atomic E-state index is 0.304. The molecule has 0 unspecified atom stereocenters. The molecule has 0 bridgehead atoms. The number of esters is 1. The lowest BCUT2D eigenvalue weighted by Gasteiger charge is -2.03. The molecule has 4 nitrogen and oxygen atoms in total. The van der Waals surface area contributed by atoms with Crippen molar-refractivity contribution in [3.63, 3.8) is 0 Å². The number of aromatic nitrogens is 2. The summed E-state index contributed by atoms with van der Waals surface area (Å²) in [5.41, 5.74) is 3.50. The van der Waals surface area contributed by atoms with Crippen LogP contribution in [-0.4, -0.2) is 28.4 Å². The van der Waals surface area contributed by atoms with E-state index in [0.29, 0.717) is 17.2 Å². The molecule has 0 saturated heterocycles. The Balaban J connectivity index is 2.72. The van der Waals surface area contributed by atoms with Gasteiger partial charge in [0.15, 0.2) is 0 Å². The van der Waals surface area contributed by atoms with E-state index in [1.807, 2.05) is 32.2 Å². The lowest BCUT2D eigenvalue weighted by Crippen LogP contribution is -2.05. The third-order valence-corrected chi connectivity index (χ3v) is 3.37. The standard InChI is InChI=1S/C13H16N2O2S/c1-5-17-13(16)11-10-7-8(2)6-9(3)15(10)14-12(11)18-4/h6-7H,5H2,1-4H3. The summed E-state index contributed by atoms with van der Waals surface area (Å²) < 4.78 is 6.91. The zero-order valence-corrected chi connectivity index (χ0v) is 11.8. The highest BCUT2D eigenvalue weighted by Gasteiger charge is 2.21. The SMILES string of the molecule is CCOC(=O)c1c(SC)nn2c(C)cc(C)cc12. The molecule has 0 aliphatic heterocycles. The average Bonchev–Trinajstić information content (AvgIpc) is 2.68. The van der Waals surface area contributed by atoms with E-state index in [9.17, 15) is 4.79 Å². The number of aryl methyl sites for hydroxylation is 2. The number of hydrogen-bond acceptors (Lipinski definition) is 4. The van der Waals surface area contributed by atoms with Gasteiger partial charge in [0, 0.05) is 5.69 Å². The van der Waals surface area contributed by atoms with Crippen LogP contribution in [0.5, 0.6) is 0 Å². The second-order valence-electron chi connectivity index (χ2n) is 4.08. The number of hydrogen-bond donors (Lipinski definition) is 0. The fourth-order valence-corrected chi connectivity index (χ4v) is 2.55. The van der Waals surface area contributed by atoms with E-state index in [2.05, 4.69) is 5.10 Å². The van der Waals surface area contributed by atoms with Gasteiger partial charge >= 0.3 is 5.97 Å². The number of ether oxygens (including phenoxy) is 1. The fourth-order valence-electron chi connectivity index (χ4n) is 2.00. The zero-order chi connectivity index (χ0) is 13.3. The van der Waals surface area contributed by atoms with Crippen LogP contribution in [0.2, 0.25) is 0 Å². The maximum Gasteiger partial charge on any atom is 0.343 e. The highest BCUT2D eigenvalue weighted by Crippen LogP contribution is 2.26. The molecule has 0 N–H and O–H groups in total. The van der Waals surface area contributed by atoms with Gasteiger partial charge in [-0.1, -0.05) is 0 Å². The van der Waals surface area contributed by atoms with Crippen LogP contribution in [-0.2, 0) is 4.74 Å². The molecule has 5 heteroatoms. The van der Waals surface area contributed by atoms with Crippen molar-refractivity contribution < 1.29 is 9.53 Å². The lowest BCUT2D eigenvalue weighted by molar-refractivity contribution is 0.0524.